The van der Waals surface area contributed by atoms with Crippen LogP contribution >= 0.6 is 15.9 Å². The first-order chi connectivity index (χ1) is 8.81. The molecule has 1 rings (SSSR count). The molecule has 0 radical (unpaired) electrons. The number of carboxylic acid groups (broad SMARTS) is 1. The Kier molecular flexibility index (Phi) is 4.87. The number of carboxylic acids is 1. The third-order valence-electron chi connectivity index (χ3n) is 2.19. The average molecular weight is 330 g/mol. The maximum absolute atomic E-state index is 11.7. The molecule has 0 bridgehead atoms. The Morgan fingerprint density at radius 2 is 2.05 bits per heavy atom. The summed E-state index contributed by atoms with van der Waals surface area (Å²) in [6.45, 7) is -0.228. The van der Waals surface area contributed by atoms with E-state index in [-0.39, 0.29) is 12.1 Å². The van der Waals surface area contributed by atoms with Gasteiger partial charge in [-0.25, -0.2) is 9.59 Å². The van der Waals surface area contributed by atoms with E-state index in [2.05, 4.69) is 21.2 Å². The SMILES string of the molecule is CN(CC(N)=O)C(=O)Nc1ccc(Br)c(C(=O)O)c1. The first-order valence-corrected chi connectivity index (χ1v) is 5.94. The number of aromatic carboxylic acids is 1. The van der Waals surface area contributed by atoms with Gasteiger partial charge in [-0.05, 0) is 34.1 Å². The lowest BCUT2D eigenvalue weighted by atomic mass is 10.2. The van der Waals surface area contributed by atoms with Gasteiger partial charge in [0.25, 0.3) is 0 Å². The predicted octanol–water partition coefficient (Wildman–Crippen LogP) is 1.10. The molecule has 0 aliphatic rings. The molecular formula is C11H12BrN3O4. The second-order valence-electron chi connectivity index (χ2n) is 3.75. The van der Waals surface area contributed by atoms with Crippen LogP contribution < -0.4 is 11.1 Å². The number of carbonyl (C=O) groups excluding carboxylic acids is 2. The molecule has 3 amide bonds. The van der Waals surface area contributed by atoms with Gasteiger partial charge >= 0.3 is 12.0 Å². The molecule has 0 spiro atoms. The minimum Gasteiger partial charge on any atom is -0.478 e. The van der Waals surface area contributed by atoms with E-state index < -0.39 is 17.9 Å². The number of urea groups is 1. The minimum atomic E-state index is -1.12. The van der Waals surface area contributed by atoms with Gasteiger partial charge in [-0.15, -0.1) is 0 Å². The van der Waals surface area contributed by atoms with Crippen LogP contribution in [0.4, 0.5) is 10.5 Å². The molecule has 0 saturated heterocycles. The van der Waals surface area contributed by atoms with Crippen molar-refractivity contribution < 1.29 is 19.5 Å². The van der Waals surface area contributed by atoms with Gasteiger partial charge in [-0.1, -0.05) is 0 Å². The monoisotopic (exact) mass is 329 g/mol. The number of primary amides is 1. The summed E-state index contributed by atoms with van der Waals surface area (Å²) in [5.74, 6) is -1.76. The minimum absolute atomic E-state index is 0.0235. The first-order valence-electron chi connectivity index (χ1n) is 5.14. The Morgan fingerprint density at radius 3 is 2.58 bits per heavy atom. The number of nitrogens with one attached hydrogen (secondary N) is 1. The molecule has 0 aromatic heterocycles. The molecule has 4 N–H and O–H groups in total. The Hall–Kier alpha value is -2.09. The van der Waals surface area contributed by atoms with E-state index >= 15 is 0 Å². The van der Waals surface area contributed by atoms with E-state index in [9.17, 15) is 14.4 Å². The number of amides is 3. The largest absolute Gasteiger partial charge is 0.478 e. The topological polar surface area (TPSA) is 113 Å². The second kappa shape index (κ2) is 6.19. The molecule has 0 heterocycles. The fraction of sp³-hybridized carbons (Fsp3) is 0.182. The number of nitrogens with zero attached hydrogens (tertiary/aromatic N) is 1. The lowest BCUT2D eigenvalue weighted by molar-refractivity contribution is -0.118. The van der Waals surface area contributed by atoms with Crippen LogP contribution in [0.2, 0.25) is 0 Å². The average Bonchev–Trinajstić information content (AvgIpc) is 2.30. The molecule has 0 fully saturated rings. The Bertz CT molecular complexity index is 533. The molecule has 1 aromatic carbocycles. The van der Waals surface area contributed by atoms with Gasteiger partial charge in [0.2, 0.25) is 5.91 Å². The fourth-order valence-electron chi connectivity index (χ4n) is 1.29. The molecule has 0 aliphatic heterocycles. The van der Waals surface area contributed by atoms with Gasteiger partial charge in [0.15, 0.2) is 0 Å². The maximum atomic E-state index is 11.7. The summed E-state index contributed by atoms with van der Waals surface area (Å²) in [5, 5.41) is 11.4. The lowest BCUT2D eigenvalue weighted by Gasteiger charge is -2.16. The Morgan fingerprint density at radius 1 is 1.42 bits per heavy atom. The molecule has 102 valence electrons. The molecule has 1 aromatic rings. The summed E-state index contributed by atoms with van der Waals surface area (Å²) < 4.78 is 0.406. The van der Waals surface area contributed by atoms with Crippen LogP contribution in [0.1, 0.15) is 10.4 Å². The van der Waals surface area contributed by atoms with Crippen LogP contribution in [0.5, 0.6) is 0 Å². The first kappa shape index (κ1) is 15.0. The molecule has 0 unspecified atom stereocenters. The number of likely N-dealkylation sites (N-methyl/N-ethyl adjacent to an activating group) is 1. The number of hydrogen-bond donors (Lipinski definition) is 3. The van der Waals surface area contributed by atoms with E-state index in [0.29, 0.717) is 10.2 Å². The number of carbonyl (C=O) groups is 3. The van der Waals surface area contributed by atoms with Crippen LogP contribution in [0.15, 0.2) is 22.7 Å². The molecule has 0 atom stereocenters. The maximum Gasteiger partial charge on any atom is 0.336 e. The fourth-order valence-corrected chi connectivity index (χ4v) is 1.71. The normalized spacial score (nSPS) is 9.79. The Balaban J connectivity index is 2.83. The van der Waals surface area contributed by atoms with Crippen LogP contribution in [0.25, 0.3) is 0 Å². The zero-order valence-corrected chi connectivity index (χ0v) is 11.6. The number of benzene rings is 1. The number of rotatable bonds is 4. The van der Waals surface area contributed by atoms with Crippen molar-refractivity contribution in [1.29, 1.82) is 0 Å². The predicted molar refractivity (Wildman–Crippen MR) is 71.9 cm³/mol. The third kappa shape index (κ3) is 4.25. The van der Waals surface area contributed by atoms with Crippen molar-refractivity contribution in [1.82, 2.24) is 4.90 Å². The summed E-state index contributed by atoms with van der Waals surface area (Å²) >= 11 is 3.09. The van der Waals surface area contributed by atoms with Crippen molar-refractivity contribution in [3.63, 3.8) is 0 Å². The zero-order chi connectivity index (χ0) is 14.6. The highest BCUT2D eigenvalue weighted by molar-refractivity contribution is 9.10. The van der Waals surface area contributed by atoms with Crippen LogP contribution in [-0.4, -0.2) is 41.5 Å². The summed E-state index contributed by atoms with van der Waals surface area (Å²) in [5.41, 5.74) is 5.29. The highest BCUT2D eigenvalue weighted by Gasteiger charge is 2.13. The van der Waals surface area contributed by atoms with Gasteiger partial charge in [-0.3, -0.25) is 4.79 Å². The van der Waals surface area contributed by atoms with Crippen molar-refractivity contribution in [2.45, 2.75) is 0 Å². The molecule has 0 aliphatic carbocycles. The van der Waals surface area contributed by atoms with E-state index in [4.69, 9.17) is 10.8 Å². The van der Waals surface area contributed by atoms with E-state index in [1.54, 1.807) is 0 Å². The van der Waals surface area contributed by atoms with Crippen molar-refractivity contribution in [3.05, 3.63) is 28.2 Å². The number of nitrogens with two attached hydrogens (primary N) is 1. The highest BCUT2D eigenvalue weighted by atomic mass is 79.9. The zero-order valence-electron chi connectivity index (χ0n) is 10.0. The summed E-state index contributed by atoms with van der Waals surface area (Å²) in [6.07, 6.45) is 0. The molecule has 19 heavy (non-hydrogen) atoms. The number of anilines is 1. The van der Waals surface area contributed by atoms with Crippen LogP contribution in [-0.2, 0) is 4.79 Å². The molecule has 0 saturated carbocycles. The van der Waals surface area contributed by atoms with Crippen LogP contribution in [0.3, 0.4) is 0 Å². The third-order valence-corrected chi connectivity index (χ3v) is 2.88. The van der Waals surface area contributed by atoms with Gasteiger partial charge in [0, 0.05) is 17.2 Å². The van der Waals surface area contributed by atoms with Crippen LogP contribution in [0, 0.1) is 0 Å². The van der Waals surface area contributed by atoms with Gasteiger partial charge in [0.1, 0.15) is 6.54 Å². The lowest BCUT2D eigenvalue weighted by Crippen LogP contribution is -2.38. The number of hydrogen-bond acceptors (Lipinski definition) is 3. The van der Waals surface area contributed by atoms with Gasteiger partial charge in [0.05, 0.1) is 5.56 Å². The van der Waals surface area contributed by atoms with Gasteiger partial charge < -0.3 is 21.1 Å². The summed E-state index contributed by atoms with van der Waals surface area (Å²) in [6, 6.07) is 3.79. The van der Waals surface area contributed by atoms with E-state index in [0.717, 1.165) is 4.90 Å². The van der Waals surface area contributed by atoms with Crippen molar-refractivity contribution in [3.8, 4) is 0 Å². The molecule has 7 nitrogen and oxygen atoms in total. The summed E-state index contributed by atoms with van der Waals surface area (Å²) in [4.78, 5) is 34.3. The molecular weight excluding hydrogens is 318 g/mol. The van der Waals surface area contributed by atoms with Crippen molar-refractivity contribution in [2.24, 2.45) is 5.73 Å². The number of halogens is 1. The standard InChI is InChI=1S/C11H12BrN3O4/c1-15(5-9(13)16)11(19)14-6-2-3-8(12)7(4-6)10(17)18/h2-4H,5H2,1H3,(H2,13,16)(H,14,19)(H,17,18). The van der Waals surface area contributed by atoms with E-state index in [1.165, 1.54) is 25.2 Å². The smallest absolute Gasteiger partial charge is 0.336 e. The van der Waals surface area contributed by atoms with Crippen molar-refractivity contribution >= 4 is 39.5 Å². The van der Waals surface area contributed by atoms with E-state index in [1.807, 2.05) is 0 Å². The quantitative estimate of drug-likeness (QED) is 0.767. The van der Waals surface area contributed by atoms with Gasteiger partial charge in [-0.2, -0.15) is 0 Å². The Labute approximate surface area is 117 Å². The second-order valence-corrected chi connectivity index (χ2v) is 4.61. The summed E-state index contributed by atoms with van der Waals surface area (Å²) in [7, 11) is 1.40. The molecule has 8 heteroatoms. The highest BCUT2D eigenvalue weighted by Crippen LogP contribution is 2.21. The van der Waals surface area contributed by atoms with Crippen molar-refractivity contribution in [2.75, 3.05) is 18.9 Å².